The molecule has 0 spiro atoms. The quantitative estimate of drug-likeness (QED) is 0.178. The van der Waals surface area contributed by atoms with E-state index in [4.69, 9.17) is 0 Å². The number of fused-ring (bicyclic) bond motifs is 2. The van der Waals surface area contributed by atoms with E-state index < -0.39 is 10.0 Å². The minimum atomic E-state index is -3.50. The van der Waals surface area contributed by atoms with Gasteiger partial charge in [0.2, 0.25) is 10.0 Å². The Hall–Kier alpha value is -3.37. The van der Waals surface area contributed by atoms with Crippen molar-refractivity contribution in [2.24, 2.45) is 0 Å². The lowest BCUT2D eigenvalue weighted by Gasteiger charge is -2.26. The number of quaternary nitrogens is 1. The number of hydrogen-bond acceptors (Lipinski definition) is 5. The number of benzene rings is 3. The van der Waals surface area contributed by atoms with Crippen molar-refractivity contribution in [2.75, 3.05) is 71.2 Å². The zero-order valence-corrected chi connectivity index (χ0v) is 28.0. The second-order valence-electron chi connectivity index (χ2n) is 12.8. The van der Waals surface area contributed by atoms with Crippen molar-refractivity contribution < 1.29 is 17.5 Å². The zero-order valence-electron chi connectivity index (χ0n) is 26.4. The fraction of sp³-hybridized carbons (Fsp3) is 0.343. The van der Waals surface area contributed by atoms with E-state index in [1.807, 2.05) is 12.1 Å². The highest BCUT2D eigenvalue weighted by atomic mass is 32.2. The average molecular weight is 630 g/mol. The maximum absolute atomic E-state index is 13.4. The summed E-state index contributed by atoms with van der Waals surface area (Å²) in [4.78, 5) is 5.88. The van der Waals surface area contributed by atoms with Crippen LogP contribution in [-0.2, 0) is 10.0 Å². The molecule has 1 fully saturated rings. The Morgan fingerprint density at radius 2 is 1.64 bits per heavy atom. The molecule has 1 aromatic heterocycles. The number of piperidine rings is 1. The normalized spacial score (nSPS) is 16.9. The molecule has 3 heterocycles. The molecule has 4 aromatic rings. The molecular formula is C35H43N5O2S2+2. The van der Waals surface area contributed by atoms with Gasteiger partial charge in [-0.05, 0) is 60.9 Å². The van der Waals surface area contributed by atoms with Crippen LogP contribution < -0.4 is 14.4 Å². The van der Waals surface area contributed by atoms with E-state index in [0.29, 0.717) is 18.0 Å². The Morgan fingerprint density at radius 3 is 2.36 bits per heavy atom. The van der Waals surface area contributed by atoms with Crippen LogP contribution in [0.15, 0.2) is 93.7 Å². The number of sulfonamides is 1. The van der Waals surface area contributed by atoms with E-state index in [9.17, 15) is 8.42 Å². The van der Waals surface area contributed by atoms with Crippen molar-refractivity contribution >= 4 is 50.3 Å². The van der Waals surface area contributed by atoms with Gasteiger partial charge in [-0.15, -0.1) is 0 Å². The number of aromatic nitrogens is 1. The molecule has 2 aliphatic rings. The smallest absolute Gasteiger partial charge is 0.282 e. The molecular weight excluding hydrogens is 587 g/mol. The highest BCUT2D eigenvalue weighted by Gasteiger charge is 2.30. The van der Waals surface area contributed by atoms with Gasteiger partial charge in [-0.1, -0.05) is 54.6 Å². The van der Waals surface area contributed by atoms with Gasteiger partial charge in [-0.2, -0.15) is 8.87 Å². The summed E-state index contributed by atoms with van der Waals surface area (Å²) in [5, 5.41) is 2.22. The minimum Gasteiger partial charge on any atom is -0.338 e. The predicted molar refractivity (Wildman–Crippen MR) is 183 cm³/mol. The Bertz CT molecular complexity index is 1810. The topological polar surface area (TPSA) is 47.7 Å². The Balaban J connectivity index is 1.42. The highest BCUT2D eigenvalue weighted by Crippen LogP contribution is 2.47. The maximum atomic E-state index is 13.4. The third-order valence-corrected chi connectivity index (χ3v) is 11.6. The lowest BCUT2D eigenvalue weighted by Crippen LogP contribution is -2.45. The average Bonchev–Trinajstić information content (AvgIpc) is 3.34. The number of nitrogens with zero attached hydrogens (tertiary/aromatic N) is 5. The van der Waals surface area contributed by atoms with Crippen molar-refractivity contribution in [1.82, 2.24) is 4.31 Å². The summed E-state index contributed by atoms with van der Waals surface area (Å²) >= 11 is 1.63. The summed E-state index contributed by atoms with van der Waals surface area (Å²) in [7, 11) is 7.42. The van der Waals surface area contributed by atoms with E-state index in [1.54, 1.807) is 22.1 Å². The van der Waals surface area contributed by atoms with Crippen LogP contribution in [0.25, 0.3) is 22.7 Å². The van der Waals surface area contributed by atoms with E-state index in [2.05, 4.69) is 116 Å². The standard InChI is InChI=1S/C35H43N5O2S2/c1-36(22-23-40(3,4)5)34-24-27(30-16-10-11-17-31(30)39(34)28-14-8-6-9-15-28)25-35-37(2)32-19-18-29(26-33(32)43-35)44(41,42)38-20-12-7-13-21-38/h6,8-11,14-19,24-26H,7,12-13,20-23H2,1-5H3/q+2. The third-order valence-electron chi connectivity index (χ3n) is 8.55. The van der Waals surface area contributed by atoms with Crippen LogP contribution in [0, 0.1) is 0 Å². The van der Waals surface area contributed by atoms with Gasteiger partial charge < -0.3 is 9.38 Å². The molecule has 7 nitrogen and oxygen atoms in total. The van der Waals surface area contributed by atoms with Crippen LogP contribution in [0.1, 0.15) is 24.8 Å². The number of rotatable bonds is 8. The second kappa shape index (κ2) is 12.2. The summed E-state index contributed by atoms with van der Waals surface area (Å²) in [6, 6.07) is 27.0. The number of para-hydroxylation sites is 2. The summed E-state index contributed by atoms with van der Waals surface area (Å²) in [6.07, 6.45) is 5.20. The van der Waals surface area contributed by atoms with Crippen LogP contribution in [0.4, 0.5) is 11.5 Å². The molecule has 230 valence electrons. The zero-order chi connectivity index (χ0) is 31.1. The number of anilines is 2. The van der Waals surface area contributed by atoms with Crippen molar-refractivity contribution in [3.63, 3.8) is 0 Å². The van der Waals surface area contributed by atoms with Gasteiger partial charge in [0.15, 0.2) is 0 Å². The van der Waals surface area contributed by atoms with Gasteiger partial charge in [0.1, 0.15) is 24.3 Å². The van der Waals surface area contributed by atoms with Gasteiger partial charge in [0, 0.05) is 36.5 Å². The molecule has 0 radical (unpaired) electrons. The van der Waals surface area contributed by atoms with Crippen molar-refractivity contribution in [3.05, 3.63) is 89.5 Å². The molecule has 0 amide bonds. The first-order valence-electron chi connectivity index (χ1n) is 15.4. The third kappa shape index (κ3) is 6.11. The molecule has 6 rings (SSSR count). The summed E-state index contributed by atoms with van der Waals surface area (Å²) in [5.74, 6) is 1.12. The largest absolute Gasteiger partial charge is 0.338 e. The first kappa shape index (κ1) is 30.6. The SMILES string of the molecule is CN(CC[N+](C)(C)C)c1cc(C=C2Sc3cc(S(=O)(=O)N4CCCCC4)ccc3N2C)c2ccccc2[n+]1-c1ccccc1. The molecule has 0 saturated carbocycles. The Morgan fingerprint density at radius 1 is 0.932 bits per heavy atom. The Labute approximate surface area is 266 Å². The first-order valence-corrected chi connectivity index (χ1v) is 17.6. The molecule has 0 atom stereocenters. The van der Waals surface area contributed by atoms with E-state index >= 15 is 0 Å². The lowest BCUT2D eigenvalue weighted by atomic mass is 10.1. The summed E-state index contributed by atoms with van der Waals surface area (Å²) < 4.78 is 31.7. The molecule has 0 N–H and O–H groups in total. The molecule has 1 saturated heterocycles. The molecule has 2 aliphatic heterocycles. The molecule has 9 heteroatoms. The van der Waals surface area contributed by atoms with Crippen LogP contribution >= 0.6 is 11.8 Å². The highest BCUT2D eigenvalue weighted by molar-refractivity contribution is 8.04. The molecule has 44 heavy (non-hydrogen) atoms. The van der Waals surface area contributed by atoms with E-state index in [-0.39, 0.29) is 0 Å². The number of likely N-dealkylation sites (N-methyl/N-ethyl adjacent to an activating group) is 2. The van der Waals surface area contributed by atoms with Gasteiger partial charge in [0.05, 0.1) is 43.8 Å². The fourth-order valence-electron chi connectivity index (χ4n) is 5.96. The van der Waals surface area contributed by atoms with Gasteiger partial charge in [0.25, 0.3) is 5.82 Å². The predicted octanol–water partition coefficient (Wildman–Crippen LogP) is 5.97. The lowest BCUT2D eigenvalue weighted by molar-refractivity contribution is -0.868. The number of hydrogen-bond donors (Lipinski definition) is 0. The van der Waals surface area contributed by atoms with Gasteiger partial charge in [-0.25, -0.2) is 8.42 Å². The fourth-order valence-corrected chi connectivity index (χ4v) is 8.72. The van der Waals surface area contributed by atoms with Crippen molar-refractivity contribution in [3.8, 4) is 5.69 Å². The Kier molecular flexibility index (Phi) is 8.50. The molecule has 0 bridgehead atoms. The summed E-state index contributed by atoms with van der Waals surface area (Å²) in [5.41, 5.74) is 4.41. The molecule has 0 aliphatic carbocycles. The van der Waals surface area contributed by atoms with Gasteiger partial charge in [-0.3, -0.25) is 4.90 Å². The van der Waals surface area contributed by atoms with Crippen LogP contribution in [0.5, 0.6) is 0 Å². The number of thioether (sulfide) groups is 1. The first-order chi connectivity index (χ1) is 21.0. The van der Waals surface area contributed by atoms with Crippen LogP contribution in [0.2, 0.25) is 0 Å². The van der Waals surface area contributed by atoms with Crippen LogP contribution in [-0.4, -0.2) is 78.6 Å². The number of pyridine rings is 1. The molecule has 0 unspecified atom stereocenters. The minimum absolute atomic E-state index is 0.385. The second-order valence-corrected chi connectivity index (χ2v) is 15.8. The van der Waals surface area contributed by atoms with Gasteiger partial charge >= 0.3 is 0 Å². The molecule has 3 aromatic carbocycles. The summed E-state index contributed by atoms with van der Waals surface area (Å²) in [6.45, 7) is 3.12. The maximum Gasteiger partial charge on any atom is 0.282 e. The van der Waals surface area contributed by atoms with E-state index in [0.717, 1.165) is 80.4 Å². The van der Waals surface area contributed by atoms with Crippen molar-refractivity contribution in [1.29, 1.82) is 0 Å². The van der Waals surface area contributed by atoms with Crippen LogP contribution in [0.3, 0.4) is 0 Å². The van der Waals surface area contributed by atoms with E-state index in [1.165, 1.54) is 0 Å². The monoisotopic (exact) mass is 629 g/mol. The van der Waals surface area contributed by atoms with Crippen molar-refractivity contribution in [2.45, 2.75) is 29.1 Å².